The maximum atomic E-state index is 9.28. The maximum Gasteiger partial charge on any atom is 0.0645 e. The van der Waals surface area contributed by atoms with Gasteiger partial charge < -0.3 is 5.11 Å². The van der Waals surface area contributed by atoms with Crippen molar-refractivity contribution in [3.8, 4) is 0 Å². The van der Waals surface area contributed by atoms with Crippen molar-refractivity contribution in [2.75, 3.05) is 6.61 Å². The molecule has 0 aliphatic carbocycles. The normalized spacial score (nSPS) is 11.8. The van der Waals surface area contributed by atoms with Gasteiger partial charge in [-0.2, -0.15) is 0 Å². The molecule has 0 spiro atoms. The first-order valence-corrected chi connectivity index (χ1v) is 6.22. The molecule has 0 aliphatic rings. The summed E-state index contributed by atoms with van der Waals surface area (Å²) in [7, 11) is 0. The molecule has 0 aromatic heterocycles. The molecule has 1 aromatic rings. The first-order valence-electron chi connectivity index (χ1n) is 6.22. The molecule has 0 heterocycles. The van der Waals surface area contributed by atoms with Crippen molar-refractivity contribution in [3.63, 3.8) is 0 Å². The highest BCUT2D eigenvalue weighted by atomic mass is 16.3. The Morgan fingerprint density at radius 3 is 2.50 bits per heavy atom. The van der Waals surface area contributed by atoms with Gasteiger partial charge in [-0.15, -0.1) is 0 Å². The van der Waals surface area contributed by atoms with Gasteiger partial charge in [0.25, 0.3) is 0 Å². The van der Waals surface area contributed by atoms with Crippen LogP contribution in [-0.4, -0.2) is 11.7 Å². The van der Waals surface area contributed by atoms with Crippen molar-refractivity contribution in [1.82, 2.24) is 0 Å². The van der Waals surface area contributed by atoms with Crippen molar-refractivity contribution in [2.45, 2.75) is 39.0 Å². The van der Waals surface area contributed by atoms with Crippen LogP contribution in [0.5, 0.6) is 0 Å². The van der Waals surface area contributed by atoms with E-state index in [1.807, 2.05) is 18.2 Å². The smallest absolute Gasteiger partial charge is 0.0645 e. The van der Waals surface area contributed by atoms with Crippen LogP contribution >= 0.6 is 0 Å². The Morgan fingerprint density at radius 1 is 1.12 bits per heavy atom. The van der Waals surface area contributed by atoms with Crippen LogP contribution in [0.25, 0.3) is 6.08 Å². The van der Waals surface area contributed by atoms with E-state index in [4.69, 9.17) is 0 Å². The minimum atomic E-state index is 0.182. The highest BCUT2D eigenvalue weighted by Gasteiger charge is 1.96. The van der Waals surface area contributed by atoms with Crippen LogP contribution in [0.4, 0.5) is 0 Å². The summed E-state index contributed by atoms with van der Waals surface area (Å²) in [4.78, 5) is 0. The summed E-state index contributed by atoms with van der Waals surface area (Å²) in [6.45, 7) is 2.40. The van der Waals surface area contributed by atoms with Gasteiger partial charge in [0, 0.05) is 0 Å². The standard InChI is InChI=1S/C15H22O/c1-2-3-4-6-11-15(13-16)12-14-9-7-5-8-10-14/h5,7-10,12,16H,2-4,6,11,13H2,1H3/b15-12-. The molecule has 0 radical (unpaired) electrons. The molecule has 88 valence electrons. The molecule has 0 aliphatic heterocycles. The first kappa shape index (κ1) is 13.0. The Bertz CT molecular complexity index is 300. The summed E-state index contributed by atoms with van der Waals surface area (Å²) in [5, 5.41) is 9.28. The van der Waals surface area contributed by atoms with Gasteiger partial charge >= 0.3 is 0 Å². The molecule has 0 amide bonds. The number of hydrogen-bond donors (Lipinski definition) is 1. The fraction of sp³-hybridized carbons (Fsp3) is 0.467. The highest BCUT2D eigenvalue weighted by Crippen LogP contribution is 2.13. The minimum Gasteiger partial charge on any atom is -0.392 e. The second-order valence-electron chi connectivity index (χ2n) is 4.18. The van der Waals surface area contributed by atoms with Gasteiger partial charge in [0.2, 0.25) is 0 Å². The summed E-state index contributed by atoms with van der Waals surface area (Å²) in [5.74, 6) is 0. The van der Waals surface area contributed by atoms with Crippen LogP contribution in [0.2, 0.25) is 0 Å². The zero-order valence-electron chi connectivity index (χ0n) is 10.2. The molecule has 1 nitrogen and oxygen atoms in total. The Kier molecular flexibility index (Phi) is 6.59. The first-order chi connectivity index (χ1) is 7.86. The molecule has 0 saturated heterocycles. The average Bonchev–Trinajstić information content (AvgIpc) is 2.34. The third-order valence-electron chi connectivity index (χ3n) is 2.72. The van der Waals surface area contributed by atoms with Gasteiger partial charge in [0.05, 0.1) is 6.61 Å². The second-order valence-corrected chi connectivity index (χ2v) is 4.18. The van der Waals surface area contributed by atoms with Crippen LogP contribution in [0, 0.1) is 0 Å². The Hall–Kier alpha value is -1.08. The summed E-state index contributed by atoms with van der Waals surface area (Å²) >= 11 is 0. The number of aliphatic hydroxyl groups is 1. The topological polar surface area (TPSA) is 20.2 Å². The minimum absolute atomic E-state index is 0.182. The lowest BCUT2D eigenvalue weighted by atomic mass is 10.0. The van der Waals surface area contributed by atoms with Crippen LogP contribution in [0.1, 0.15) is 44.6 Å². The molecular weight excluding hydrogens is 196 g/mol. The van der Waals surface area contributed by atoms with E-state index in [0.29, 0.717) is 0 Å². The zero-order chi connectivity index (χ0) is 11.6. The van der Waals surface area contributed by atoms with Crippen molar-refractivity contribution in [2.24, 2.45) is 0 Å². The Morgan fingerprint density at radius 2 is 1.88 bits per heavy atom. The summed E-state index contributed by atoms with van der Waals surface area (Å²) < 4.78 is 0. The molecular formula is C15H22O. The molecule has 0 fully saturated rings. The summed E-state index contributed by atoms with van der Waals surface area (Å²) in [6.07, 6.45) is 8.13. The third-order valence-corrected chi connectivity index (χ3v) is 2.72. The van der Waals surface area contributed by atoms with Gasteiger partial charge in [-0.3, -0.25) is 0 Å². The fourth-order valence-corrected chi connectivity index (χ4v) is 1.76. The third kappa shape index (κ3) is 5.13. The quantitative estimate of drug-likeness (QED) is 0.685. The van der Waals surface area contributed by atoms with Gasteiger partial charge in [-0.1, -0.05) is 62.6 Å². The lowest BCUT2D eigenvalue weighted by Crippen LogP contribution is -1.91. The van der Waals surface area contributed by atoms with E-state index in [2.05, 4.69) is 25.1 Å². The van der Waals surface area contributed by atoms with Crippen LogP contribution < -0.4 is 0 Å². The van der Waals surface area contributed by atoms with Gasteiger partial charge in [-0.25, -0.2) is 0 Å². The van der Waals surface area contributed by atoms with Crippen LogP contribution in [-0.2, 0) is 0 Å². The molecule has 0 bridgehead atoms. The summed E-state index contributed by atoms with van der Waals surface area (Å²) in [5.41, 5.74) is 2.32. The highest BCUT2D eigenvalue weighted by molar-refractivity contribution is 5.52. The van der Waals surface area contributed by atoms with E-state index in [1.54, 1.807) is 0 Å². The molecule has 1 aromatic carbocycles. The van der Waals surface area contributed by atoms with Crippen molar-refractivity contribution in [3.05, 3.63) is 41.5 Å². The van der Waals surface area contributed by atoms with Gasteiger partial charge in [0.15, 0.2) is 0 Å². The van der Waals surface area contributed by atoms with Gasteiger partial charge in [-0.05, 0) is 24.0 Å². The SMILES string of the molecule is CCCCCC/C(=C/c1ccccc1)CO. The van der Waals surface area contributed by atoms with E-state index in [1.165, 1.54) is 31.2 Å². The number of unbranched alkanes of at least 4 members (excludes halogenated alkanes) is 3. The molecule has 0 atom stereocenters. The maximum absolute atomic E-state index is 9.28. The fourth-order valence-electron chi connectivity index (χ4n) is 1.76. The predicted molar refractivity (Wildman–Crippen MR) is 70.3 cm³/mol. The van der Waals surface area contributed by atoms with Crippen molar-refractivity contribution in [1.29, 1.82) is 0 Å². The van der Waals surface area contributed by atoms with E-state index < -0.39 is 0 Å². The number of benzene rings is 1. The van der Waals surface area contributed by atoms with Crippen molar-refractivity contribution >= 4 is 6.08 Å². The Balaban J connectivity index is 2.44. The molecule has 1 N–H and O–H groups in total. The largest absolute Gasteiger partial charge is 0.392 e. The number of rotatable bonds is 7. The molecule has 0 saturated carbocycles. The second kappa shape index (κ2) is 8.12. The lowest BCUT2D eigenvalue weighted by molar-refractivity contribution is 0.326. The molecule has 0 unspecified atom stereocenters. The zero-order valence-corrected chi connectivity index (χ0v) is 10.2. The van der Waals surface area contributed by atoms with Crippen molar-refractivity contribution < 1.29 is 5.11 Å². The predicted octanol–water partition coefficient (Wildman–Crippen LogP) is 4.03. The van der Waals surface area contributed by atoms with Crippen LogP contribution in [0.15, 0.2) is 35.9 Å². The van der Waals surface area contributed by atoms with E-state index >= 15 is 0 Å². The lowest BCUT2D eigenvalue weighted by Gasteiger charge is -2.04. The van der Waals surface area contributed by atoms with Gasteiger partial charge in [0.1, 0.15) is 0 Å². The molecule has 16 heavy (non-hydrogen) atoms. The molecule has 1 rings (SSSR count). The van der Waals surface area contributed by atoms with E-state index in [9.17, 15) is 5.11 Å². The Labute approximate surface area is 98.8 Å². The number of aliphatic hydroxyl groups excluding tert-OH is 1. The summed E-state index contributed by atoms with van der Waals surface area (Å²) in [6, 6.07) is 10.2. The van der Waals surface area contributed by atoms with Crippen LogP contribution in [0.3, 0.4) is 0 Å². The number of hydrogen-bond acceptors (Lipinski definition) is 1. The van der Waals surface area contributed by atoms with E-state index in [0.717, 1.165) is 12.0 Å². The average molecular weight is 218 g/mol. The van der Waals surface area contributed by atoms with E-state index in [-0.39, 0.29) is 6.61 Å². The monoisotopic (exact) mass is 218 g/mol. The molecule has 1 heteroatoms.